The van der Waals surface area contributed by atoms with Crippen LogP contribution in [0.1, 0.15) is 25.7 Å². The van der Waals surface area contributed by atoms with Crippen molar-refractivity contribution in [3.63, 3.8) is 0 Å². The zero-order valence-corrected chi connectivity index (χ0v) is 13.0. The van der Waals surface area contributed by atoms with Crippen molar-refractivity contribution in [2.45, 2.75) is 37.8 Å². The molecular formula is C15H23ClN2O3. The fourth-order valence-corrected chi connectivity index (χ4v) is 2.31. The first-order chi connectivity index (χ1) is 9.69. The molecule has 2 rings (SSSR count). The van der Waals surface area contributed by atoms with E-state index in [-0.39, 0.29) is 24.9 Å². The largest absolute Gasteiger partial charge is 0.490 e. The summed E-state index contributed by atoms with van der Waals surface area (Å²) in [6, 6.07) is 6.73. The van der Waals surface area contributed by atoms with E-state index >= 15 is 0 Å². The lowest BCUT2D eigenvalue weighted by Crippen LogP contribution is -2.39. The van der Waals surface area contributed by atoms with Crippen LogP contribution >= 0.6 is 12.4 Å². The van der Waals surface area contributed by atoms with Crippen molar-refractivity contribution in [2.24, 2.45) is 5.73 Å². The Hall–Kier alpha value is -1.30. The number of rotatable bonds is 6. The second-order valence-electron chi connectivity index (χ2n) is 5.10. The van der Waals surface area contributed by atoms with Gasteiger partial charge < -0.3 is 20.5 Å². The Morgan fingerprint density at radius 2 is 1.95 bits per heavy atom. The summed E-state index contributed by atoms with van der Waals surface area (Å²) in [4.78, 5) is 11.7. The highest BCUT2D eigenvalue weighted by Gasteiger charge is 2.16. The first kappa shape index (κ1) is 17.8. The summed E-state index contributed by atoms with van der Waals surface area (Å²) >= 11 is 0. The predicted octanol–water partition coefficient (Wildman–Crippen LogP) is 2.34. The molecular weight excluding hydrogens is 292 g/mol. The van der Waals surface area contributed by atoms with Crippen molar-refractivity contribution in [2.75, 3.05) is 19.0 Å². The zero-order valence-electron chi connectivity index (χ0n) is 12.2. The van der Waals surface area contributed by atoms with Crippen LogP contribution in [0, 0.1) is 0 Å². The molecule has 0 aliphatic heterocycles. The van der Waals surface area contributed by atoms with E-state index in [0.717, 1.165) is 18.6 Å². The third-order valence-corrected chi connectivity index (χ3v) is 3.41. The van der Waals surface area contributed by atoms with E-state index < -0.39 is 6.04 Å². The predicted molar refractivity (Wildman–Crippen MR) is 85.1 cm³/mol. The molecule has 0 saturated heterocycles. The quantitative estimate of drug-likeness (QED) is 0.845. The Labute approximate surface area is 131 Å². The topological polar surface area (TPSA) is 73.6 Å². The Bertz CT molecular complexity index is 433. The molecule has 3 N–H and O–H groups in total. The first-order valence-corrected chi connectivity index (χ1v) is 7.01. The molecule has 1 aliphatic rings. The van der Waals surface area contributed by atoms with E-state index in [0.29, 0.717) is 11.8 Å². The van der Waals surface area contributed by atoms with E-state index in [1.165, 1.54) is 20.0 Å². The van der Waals surface area contributed by atoms with Crippen molar-refractivity contribution >= 4 is 24.0 Å². The van der Waals surface area contributed by atoms with Crippen LogP contribution in [0.3, 0.4) is 0 Å². The standard InChI is InChI=1S/C15H22N2O3.ClH/c1-19-10-14(16)15(18)17-11-6-8-13(9-7-11)20-12-4-2-3-5-12;/h6-9,12,14H,2-5,10,16H2,1H3,(H,17,18);1H. The van der Waals surface area contributed by atoms with Gasteiger partial charge in [0.2, 0.25) is 5.91 Å². The summed E-state index contributed by atoms with van der Waals surface area (Å²) in [6.07, 6.45) is 5.09. The number of halogens is 1. The molecule has 1 aromatic carbocycles. The highest BCUT2D eigenvalue weighted by atomic mass is 35.5. The maximum Gasteiger partial charge on any atom is 0.243 e. The Morgan fingerprint density at radius 3 is 2.52 bits per heavy atom. The number of nitrogens with one attached hydrogen (secondary N) is 1. The van der Waals surface area contributed by atoms with Crippen molar-refractivity contribution in [1.82, 2.24) is 0 Å². The molecule has 0 aromatic heterocycles. The monoisotopic (exact) mass is 314 g/mol. The maximum atomic E-state index is 11.7. The lowest BCUT2D eigenvalue weighted by atomic mass is 10.2. The minimum absolute atomic E-state index is 0. The van der Waals surface area contributed by atoms with Gasteiger partial charge in [0.15, 0.2) is 0 Å². The van der Waals surface area contributed by atoms with Crippen molar-refractivity contribution in [1.29, 1.82) is 0 Å². The van der Waals surface area contributed by atoms with E-state index in [9.17, 15) is 4.79 Å². The van der Waals surface area contributed by atoms with E-state index in [1.54, 1.807) is 0 Å². The summed E-state index contributed by atoms with van der Waals surface area (Å²) < 4.78 is 10.7. The Balaban J connectivity index is 0.00000220. The van der Waals surface area contributed by atoms with Gasteiger partial charge in [-0.3, -0.25) is 4.79 Å². The van der Waals surface area contributed by atoms with E-state index in [2.05, 4.69) is 5.32 Å². The summed E-state index contributed by atoms with van der Waals surface area (Å²) in [5.41, 5.74) is 6.36. The van der Waals surface area contributed by atoms with Crippen LogP contribution in [-0.4, -0.2) is 31.8 Å². The molecule has 1 aromatic rings. The van der Waals surface area contributed by atoms with Gasteiger partial charge in [-0.2, -0.15) is 0 Å². The molecule has 1 atom stereocenters. The van der Waals surface area contributed by atoms with Gasteiger partial charge in [0.1, 0.15) is 11.8 Å². The molecule has 6 heteroatoms. The molecule has 21 heavy (non-hydrogen) atoms. The summed E-state index contributed by atoms with van der Waals surface area (Å²) in [7, 11) is 1.52. The average molecular weight is 315 g/mol. The molecule has 0 radical (unpaired) electrons. The van der Waals surface area contributed by atoms with Gasteiger partial charge in [0, 0.05) is 12.8 Å². The van der Waals surface area contributed by atoms with Crippen molar-refractivity contribution in [3.8, 4) is 5.75 Å². The second kappa shape index (κ2) is 8.87. The number of amides is 1. The molecule has 1 unspecified atom stereocenters. The van der Waals surface area contributed by atoms with E-state index in [1.807, 2.05) is 24.3 Å². The number of methoxy groups -OCH3 is 1. The Kier molecular flexibility index (Phi) is 7.50. The highest BCUT2D eigenvalue weighted by molar-refractivity contribution is 5.94. The number of ether oxygens (including phenoxy) is 2. The zero-order chi connectivity index (χ0) is 14.4. The Morgan fingerprint density at radius 1 is 1.33 bits per heavy atom. The van der Waals surface area contributed by atoms with E-state index in [4.69, 9.17) is 15.2 Å². The number of carbonyl (C=O) groups excluding carboxylic acids is 1. The fourth-order valence-electron chi connectivity index (χ4n) is 2.31. The third kappa shape index (κ3) is 5.53. The van der Waals surface area contributed by atoms with Crippen molar-refractivity contribution < 1.29 is 14.3 Å². The lowest BCUT2D eigenvalue weighted by Gasteiger charge is -2.14. The number of hydrogen-bond acceptors (Lipinski definition) is 4. The number of nitrogens with two attached hydrogens (primary N) is 1. The molecule has 1 aliphatic carbocycles. The van der Waals surface area contributed by atoms with Crippen LogP contribution in [0.25, 0.3) is 0 Å². The molecule has 0 heterocycles. The second-order valence-corrected chi connectivity index (χ2v) is 5.10. The van der Waals surface area contributed by atoms with Gasteiger partial charge in [-0.25, -0.2) is 0 Å². The molecule has 0 bridgehead atoms. The number of carbonyl (C=O) groups is 1. The molecule has 1 amide bonds. The maximum absolute atomic E-state index is 11.7. The van der Waals surface area contributed by atoms with Crippen LogP contribution in [0.5, 0.6) is 5.75 Å². The molecule has 5 nitrogen and oxygen atoms in total. The van der Waals surface area contributed by atoms with Crippen LogP contribution in [-0.2, 0) is 9.53 Å². The number of benzene rings is 1. The van der Waals surface area contributed by atoms with Gasteiger partial charge in [-0.05, 0) is 49.9 Å². The molecule has 118 valence electrons. The van der Waals surface area contributed by atoms with Crippen LogP contribution in [0.2, 0.25) is 0 Å². The van der Waals surface area contributed by atoms with Crippen molar-refractivity contribution in [3.05, 3.63) is 24.3 Å². The molecule has 1 fully saturated rings. The fraction of sp³-hybridized carbons (Fsp3) is 0.533. The minimum atomic E-state index is -0.658. The molecule has 1 saturated carbocycles. The third-order valence-electron chi connectivity index (χ3n) is 3.41. The van der Waals surface area contributed by atoms with Gasteiger partial charge in [-0.1, -0.05) is 0 Å². The number of anilines is 1. The summed E-state index contributed by atoms with van der Waals surface area (Å²) in [5.74, 6) is 0.590. The van der Waals surface area contributed by atoms with Crippen LogP contribution < -0.4 is 15.8 Å². The van der Waals surface area contributed by atoms with Gasteiger partial charge >= 0.3 is 0 Å². The van der Waals surface area contributed by atoms with Gasteiger partial charge in [0.25, 0.3) is 0 Å². The number of hydrogen-bond donors (Lipinski definition) is 2. The van der Waals surface area contributed by atoms with Crippen LogP contribution in [0.15, 0.2) is 24.3 Å². The lowest BCUT2D eigenvalue weighted by molar-refractivity contribution is -0.118. The van der Waals surface area contributed by atoms with Gasteiger partial charge in [-0.15, -0.1) is 12.4 Å². The summed E-state index contributed by atoms with van der Waals surface area (Å²) in [6.45, 7) is 0.203. The summed E-state index contributed by atoms with van der Waals surface area (Å²) in [5, 5.41) is 2.75. The van der Waals surface area contributed by atoms with Crippen LogP contribution in [0.4, 0.5) is 5.69 Å². The first-order valence-electron chi connectivity index (χ1n) is 7.01. The average Bonchev–Trinajstić information content (AvgIpc) is 2.94. The normalized spacial score (nSPS) is 16.1. The molecule has 0 spiro atoms. The minimum Gasteiger partial charge on any atom is -0.490 e. The smallest absolute Gasteiger partial charge is 0.243 e. The van der Waals surface area contributed by atoms with Gasteiger partial charge in [0.05, 0.1) is 12.7 Å². The SMILES string of the molecule is COCC(N)C(=O)Nc1ccc(OC2CCCC2)cc1.Cl. The highest BCUT2D eigenvalue weighted by Crippen LogP contribution is 2.24.